The molecule has 2 rings (SSSR count). The van der Waals surface area contributed by atoms with E-state index in [0.29, 0.717) is 0 Å². The second-order valence-corrected chi connectivity index (χ2v) is 3.33. The largest absolute Gasteiger partial charge is 0.360 e. The van der Waals surface area contributed by atoms with Gasteiger partial charge in [0, 0.05) is 12.4 Å². The van der Waals surface area contributed by atoms with Gasteiger partial charge in [-0.2, -0.15) is 0 Å². The Morgan fingerprint density at radius 1 is 1.43 bits per heavy atom. The molecule has 0 aromatic carbocycles. The summed E-state index contributed by atoms with van der Waals surface area (Å²) in [4.78, 5) is 4.29. The second kappa shape index (κ2) is 3.50. The Balaban J connectivity index is 2.36. The highest BCUT2D eigenvalue weighted by Crippen LogP contribution is 2.15. The molecule has 0 saturated carbocycles. The zero-order valence-electron chi connectivity index (χ0n) is 8.12. The molecule has 1 aliphatic heterocycles. The molecule has 2 heteroatoms. The molecule has 0 aliphatic carbocycles. The van der Waals surface area contributed by atoms with Crippen molar-refractivity contribution >= 4 is 5.70 Å². The number of hydrogen-bond donors (Lipinski definition) is 1. The van der Waals surface area contributed by atoms with E-state index in [-0.39, 0.29) is 0 Å². The van der Waals surface area contributed by atoms with Gasteiger partial charge in [-0.15, -0.1) is 0 Å². The first-order chi connectivity index (χ1) is 6.75. The van der Waals surface area contributed by atoms with Crippen molar-refractivity contribution in [2.75, 3.05) is 0 Å². The SMILES string of the molecule is C=C1C=CNC(c2cc(C)ccn2)=C1. The van der Waals surface area contributed by atoms with Gasteiger partial charge in [-0.25, -0.2) is 0 Å². The van der Waals surface area contributed by atoms with Crippen molar-refractivity contribution in [3.63, 3.8) is 0 Å². The summed E-state index contributed by atoms with van der Waals surface area (Å²) < 4.78 is 0. The zero-order chi connectivity index (χ0) is 9.97. The molecule has 1 aromatic rings. The fourth-order valence-electron chi connectivity index (χ4n) is 1.35. The predicted molar refractivity (Wildman–Crippen MR) is 58.4 cm³/mol. The topological polar surface area (TPSA) is 24.9 Å². The highest BCUT2D eigenvalue weighted by Gasteiger charge is 2.04. The maximum atomic E-state index is 4.29. The Morgan fingerprint density at radius 3 is 3.00 bits per heavy atom. The van der Waals surface area contributed by atoms with Crippen LogP contribution in [0.3, 0.4) is 0 Å². The number of allylic oxidation sites excluding steroid dienone is 3. The van der Waals surface area contributed by atoms with Crippen molar-refractivity contribution in [3.05, 3.63) is 60.1 Å². The lowest BCUT2D eigenvalue weighted by Gasteiger charge is -2.11. The highest BCUT2D eigenvalue weighted by atomic mass is 14.9. The van der Waals surface area contributed by atoms with Crippen LogP contribution in [0.1, 0.15) is 11.3 Å². The monoisotopic (exact) mass is 184 g/mol. The van der Waals surface area contributed by atoms with Crippen molar-refractivity contribution in [3.8, 4) is 0 Å². The van der Waals surface area contributed by atoms with Crippen molar-refractivity contribution in [1.82, 2.24) is 10.3 Å². The number of aryl methyl sites for hydroxylation is 1. The van der Waals surface area contributed by atoms with E-state index < -0.39 is 0 Å². The maximum Gasteiger partial charge on any atom is 0.0867 e. The maximum absolute atomic E-state index is 4.29. The summed E-state index contributed by atoms with van der Waals surface area (Å²) in [6, 6.07) is 4.03. The summed E-state index contributed by atoms with van der Waals surface area (Å²) in [7, 11) is 0. The van der Waals surface area contributed by atoms with Crippen LogP contribution in [0.4, 0.5) is 0 Å². The van der Waals surface area contributed by atoms with Crippen LogP contribution >= 0.6 is 0 Å². The molecule has 0 spiro atoms. The van der Waals surface area contributed by atoms with Gasteiger partial charge in [0.15, 0.2) is 0 Å². The molecule has 1 N–H and O–H groups in total. The normalized spacial score (nSPS) is 14.9. The first-order valence-corrected chi connectivity index (χ1v) is 4.52. The van der Waals surface area contributed by atoms with Crippen LogP contribution in [-0.2, 0) is 0 Å². The number of hydrogen-bond acceptors (Lipinski definition) is 2. The van der Waals surface area contributed by atoms with E-state index in [1.54, 1.807) is 0 Å². The average molecular weight is 184 g/mol. The Bertz CT molecular complexity index is 428. The van der Waals surface area contributed by atoms with Gasteiger partial charge in [0.2, 0.25) is 0 Å². The number of nitrogens with one attached hydrogen (secondary N) is 1. The Kier molecular flexibility index (Phi) is 2.19. The number of aromatic nitrogens is 1. The van der Waals surface area contributed by atoms with Crippen LogP contribution in [0.2, 0.25) is 0 Å². The van der Waals surface area contributed by atoms with Crippen molar-refractivity contribution in [2.45, 2.75) is 6.92 Å². The van der Waals surface area contributed by atoms with E-state index in [4.69, 9.17) is 0 Å². The first-order valence-electron chi connectivity index (χ1n) is 4.52. The van der Waals surface area contributed by atoms with Crippen LogP contribution in [0.5, 0.6) is 0 Å². The summed E-state index contributed by atoms with van der Waals surface area (Å²) in [5.41, 5.74) is 4.15. The lowest BCUT2D eigenvalue weighted by Crippen LogP contribution is -2.08. The molecule has 0 fully saturated rings. The molecule has 0 unspecified atom stereocenters. The van der Waals surface area contributed by atoms with Crippen LogP contribution in [0, 0.1) is 6.92 Å². The van der Waals surface area contributed by atoms with E-state index in [1.165, 1.54) is 5.56 Å². The number of nitrogens with zero attached hydrogens (tertiary/aromatic N) is 1. The molecule has 0 bridgehead atoms. The van der Waals surface area contributed by atoms with Crippen LogP contribution in [0.15, 0.2) is 48.8 Å². The number of pyridine rings is 1. The van der Waals surface area contributed by atoms with E-state index >= 15 is 0 Å². The molecule has 0 atom stereocenters. The molecule has 1 aliphatic rings. The summed E-state index contributed by atoms with van der Waals surface area (Å²) in [6.45, 7) is 5.94. The van der Waals surface area contributed by atoms with E-state index in [1.807, 2.05) is 36.7 Å². The van der Waals surface area contributed by atoms with Crippen molar-refractivity contribution in [1.29, 1.82) is 0 Å². The van der Waals surface area contributed by atoms with Gasteiger partial charge in [-0.05, 0) is 42.3 Å². The van der Waals surface area contributed by atoms with Crippen molar-refractivity contribution in [2.24, 2.45) is 0 Å². The lowest BCUT2D eigenvalue weighted by molar-refractivity contribution is 1.13. The van der Waals surface area contributed by atoms with E-state index in [0.717, 1.165) is 17.0 Å². The lowest BCUT2D eigenvalue weighted by atomic mass is 10.1. The quantitative estimate of drug-likeness (QED) is 0.725. The standard InChI is InChI=1S/C12H12N2/c1-9-3-5-13-11(7-9)12-8-10(2)4-6-14-12/h3-8,13H,1H2,2H3. The van der Waals surface area contributed by atoms with Gasteiger partial charge in [-0.1, -0.05) is 6.58 Å². The molecule has 2 nitrogen and oxygen atoms in total. The summed E-state index contributed by atoms with van der Waals surface area (Å²) in [6.07, 6.45) is 7.61. The minimum absolute atomic E-state index is 0.954. The third-order valence-electron chi connectivity index (χ3n) is 2.06. The van der Waals surface area contributed by atoms with Gasteiger partial charge < -0.3 is 5.32 Å². The first kappa shape index (κ1) is 8.75. The smallest absolute Gasteiger partial charge is 0.0867 e. The predicted octanol–water partition coefficient (Wildman–Crippen LogP) is 2.40. The van der Waals surface area contributed by atoms with Crippen LogP contribution in [-0.4, -0.2) is 4.98 Å². The molecule has 0 radical (unpaired) electrons. The molecular weight excluding hydrogens is 172 g/mol. The number of dihydropyridines is 1. The third-order valence-corrected chi connectivity index (χ3v) is 2.06. The molecule has 1 aromatic heterocycles. The minimum atomic E-state index is 0.954. The van der Waals surface area contributed by atoms with Gasteiger partial charge >= 0.3 is 0 Å². The van der Waals surface area contributed by atoms with Gasteiger partial charge in [-0.3, -0.25) is 4.98 Å². The fraction of sp³-hybridized carbons (Fsp3) is 0.0833. The molecule has 0 amide bonds. The van der Waals surface area contributed by atoms with E-state index in [2.05, 4.69) is 23.8 Å². The van der Waals surface area contributed by atoms with Crippen molar-refractivity contribution < 1.29 is 0 Å². The summed E-state index contributed by atoms with van der Waals surface area (Å²) >= 11 is 0. The summed E-state index contributed by atoms with van der Waals surface area (Å²) in [5, 5.41) is 3.15. The summed E-state index contributed by atoms with van der Waals surface area (Å²) in [5.74, 6) is 0. The minimum Gasteiger partial charge on any atom is -0.360 e. The van der Waals surface area contributed by atoms with Crippen LogP contribution < -0.4 is 5.32 Å². The Labute approximate surface area is 83.7 Å². The average Bonchev–Trinajstić information content (AvgIpc) is 2.18. The zero-order valence-corrected chi connectivity index (χ0v) is 8.12. The van der Waals surface area contributed by atoms with Crippen LogP contribution in [0.25, 0.3) is 5.70 Å². The molecular formula is C12H12N2. The third kappa shape index (κ3) is 1.74. The second-order valence-electron chi connectivity index (χ2n) is 3.33. The number of rotatable bonds is 1. The Hall–Kier alpha value is -1.83. The Morgan fingerprint density at radius 2 is 2.29 bits per heavy atom. The molecule has 14 heavy (non-hydrogen) atoms. The van der Waals surface area contributed by atoms with Gasteiger partial charge in [0.25, 0.3) is 0 Å². The molecule has 0 saturated heterocycles. The van der Waals surface area contributed by atoms with E-state index in [9.17, 15) is 0 Å². The molecule has 70 valence electrons. The van der Waals surface area contributed by atoms with Gasteiger partial charge in [0.05, 0.1) is 11.4 Å². The van der Waals surface area contributed by atoms with Gasteiger partial charge in [0.1, 0.15) is 0 Å². The highest BCUT2D eigenvalue weighted by molar-refractivity contribution is 5.67. The molecule has 2 heterocycles. The fourth-order valence-corrected chi connectivity index (χ4v) is 1.35.